The minimum absolute atomic E-state index is 0.0146. The van der Waals surface area contributed by atoms with Crippen molar-refractivity contribution in [1.29, 1.82) is 0 Å². The third-order valence-electron chi connectivity index (χ3n) is 7.51. The molecule has 2 heterocycles. The van der Waals surface area contributed by atoms with E-state index < -0.39 is 41.1 Å². The van der Waals surface area contributed by atoms with Gasteiger partial charge in [-0.25, -0.2) is 19.0 Å². The van der Waals surface area contributed by atoms with E-state index in [9.17, 15) is 19.5 Å². The molecule has 3 atom stereocenters. The molecule has 3 aromatic rings. The molecule has 4 rings (SSSR count). The van der Waals surface area contributed by atoms with Crippen LogP contribution in [0.15, 0.2) is 84.6 Å². The number of halogens is 1. The highest BCUT2D eigenvalue weighted by Crippen LogP contribution is 2.51. The van der Waals surface area contributed by atoms with Crippen LogP contribution in [-0.4, -0.2) is 52.3 Å². The first kappa shape index (κ1) is 29.3. The number of carbonyl (C=O) groups excluding carboxylic acids is 2. The van der Waals surface area contributed by atoms with Crippen molar-refractivity contribution in [3.05, 3.63) is 107 Å². The number of hydrogen-bond acceptors (Lipinski definition) is 7. The summed E-state index contributed by atoms with van der Waals surface area (Å²) in [6.45, 7) is 3.67. The first-order valence-electron chi connectivity index (χ1n) is 13.1. The monoisotopic (exact) mass is 561 g/mol. The van der Waals surface area contributed by atoms with Gasteiger partial charge in [-0.05, 0) is 42.7 Å². The number of methoxy groups -OCH3 is 1. The van der Waals surface area contributed by atoms with E-state index in [1.54, 1.807) is 38.5 Å². The molecule has 9 nitrogen and oxygen atoms in total. The van der Waals surface area contributed by atoms with Crippen molar-refractivity contribution in [2.45, 2.75) is 38.8 Å². The summed E-state index contributed by atoms with van der Waals surface area (Å²) in [6.07, 6.45) is 7.99. The standard InChI is InChI=1S/C31H32FN3O6/c1-20-27(29(37)40-3)28(24-6-4-5-7-25(24)32)31(30(38)39,21(2)34-20)14-17-41-26(36)13-12-22-8-10-23(11-9-22)18-35-16-15-33-19-35/h4-13,15-16,19,21,28,34H,14,17-18H2,1-3H3,(H,38,39)/b13-12+. The molecule has 214 valence electrons. The van der Waals surface area contributed by atoms with E-state index in [2.05, 4.69) is 10.3 Å². The minimum Gasteiger partial charge on any atom is -0.481 e. The van der Waals surface area contributed by atoms with E-state index >= 15 is 4.39 Å². The predicted octanol–water partition coefficient (Wildman–Crippen LogP) is 4.31. The second-order valence-corrected chi connectivity index (χ2v) is 9.92. The molecule has 1 aliphatic heterocycles. The number of carbonyl (C=O) groups is 3. The van der Waals surface area contributed by atoms with E-state index in [1.807, 2.05) is 35.0 Å². The number of nitrogens with zero attached hydrogens (tertiary/aromatic N) is 2. The zero-order valence-electron chi connectivity index (χ0n) is 23.0. The Morgan fingerprint density at radius 2 is 1.90 bits per heavy atom. The summed E-state index contributed by atoms with van der Waals surface area (Å²) < 4.78 is 27.4. The fraction of sp³-hybridized carbons (Fsp3) is 0.290. The molecule has 0 aliphatic carbocycles. The molecule has 0 amide bonds. The molecule has 2 N–H and O–H groups in total. The van der Waals surface area contributed by atoms with Crippen molar-refractivity contribution in [3.63, 3.8) is 0 Å². The first-order chi connectivity index (χ1) is 19.7. The molecule has 41 heavy (non-hydrogen) atoms. The average Bonchev–Trinajstić information content (AvgIpc) is 3.46. The molecular weight excluding hydrogens is 529 g/mol. The maximum Gasteiger partial charge on any atom is 0.336 e. The number of esters is 2. The van der Waals surface area contributed by atoms with Crippen LogP contribution in [-0.2, 0) is 30.4 Å². The van der Waals surface area contributed by atoms with Gasteiger partial charge in [-0.3, -0.25) is 4.79 Å². The average molecular weight is 562 g/mol. The molecule has 2 aromatic carbocycles. The highest BCUT2D eigenvalue weighted by Gasteiger charge is 2.57. The Hall–Kier alpha value is -4.73. The Kier molecular flexibility index (Phi) is 9.01. The molecule has 0 bridgehead atoms. The number of hydrogen-bond donors (Lipinski definition) is 2. The maximum absolute atomic E-state index is 15.1. The second kappa shape index (κ2) is 12.6. The number of rotatable bonds is 10. The lowest BCUT2D eigenvalue weighted by molar-refractivity contribution is -0.156. The van der Waals surface area contributed by atoms with Crippen molar-refractivity contribution in [1.82, 2.24) is 14.9 Å². The molecule has 0 spiro atoms. The number of benzene rings is 2. The van der Waals surface area contributed by atoms with Crippen molar-refractivity contribution in [3.8, 4) is 0 Å². The van der Waals surface area contributed by atoms with Crippen LogP contribution in [0.5, 0.6) is 0 Å². The lowest BCUT2D eigenvalue weighted by Crippen LogP contribution is -2.57. The summed E-state index contributed by atoms with van der Waals surface area (Å²) in [5.74, 6) is -4.53. The largest absolute Gasteiger partial charge is 0.481 e. The van der Waals surface area contributed by atoms with E-state index in [4.69, 9.17) is 9.47 Å². The van der Waals surface area contributed by atoms with Crippen LogP contribution in [0.4, 0.5) is 4.39 Å². The molecular formula is C31H32FN3O6. The van der Waals surface area contributed by atoms with Gasteiger partial charge in [0, 0.05) is 49.1 Å². The van der Waals surface area contributed by atoms with Crippen LogP contribution in [0.3, 0.4) is 0 Å². The van der Waals surface area contributed by atoms with Gasteiger partial charge in [0.2, 0.25) is 0 Å². The number of nitrogens with one attached hydrogen (secondary N) is 1. The number of carboxylic acids is 1. The molecule has 0 saturated heterocycles. The number of carboxylic acid groups (broad SMARTS) is 1. The number of aromatic nitrogens is 2. The third-order valence-corrected chi connectivity index (χ3v) is 7.51. The summed E-state index contributed by atoms with van der Waals surface area (Å²) in [7, 11) is 1.18. The van der Waals surface area contributed by atoms with E-state index in [0.717, 1.165) is 11.1 Å². The quantitative estimate of drug-likeness (QED) is 0.278. The van der Waals surface area contributed by atoms with Gasteiger partial charge < -0.3 is 24.5 Å². The van der Waals surface area contributed by atoms with Gasteiger partial charge in [0.15, 0.2) is 0 Å². The Balaban J connectivity index is 1.52. The normalized spacial score (nSPS) is 20.5. The van der Waals surface area contributed by atoms with Crippen molar-refractivity contribution in [2.24, 2.45) is 5.41 Å². The van der Waals surface area contributed by atoms with Gasteiger partial charge in [0.1, 0.15) is 11.2 Å². The number of ether oxygens (including phenoxy) is 2. The Bertz CT molecular complexity index is 1470. The van der Waals surface area contributed by atoms with Gasteiger partial charge in [-0.1, -0.05) is 42.5 Å². The van der Waals surface area contributed by atoms with Crippen LogP contribution >= 0.6 is 0 Å². The van der Waals surface area contributed by atoms with Crippen LogP contribution in [0.1, 0.15) is 42.9 Å². The summed E-state index contributed by atoms with van der Waals surface area (Å²) in [4.78, 5) is 42.4. The lowest BCUT2D eigenvalue weighted by Gasteiger charge is -2.47. The highest BCUT2D eigenvalue weighted by molar-refractivity contribution is 5.94. The van der Waals surface area contributed by atoms with E-state index in [1.165, 1.54) is 31.4 Å². The lowest BCUT2D eigenvalue weighted by atomic mass is 9.60. The third kappa shape index (κ3) is 6.21. The second-order valence-electron chi connectivity index (χ2n) is 9.92. The Morgan fingerprint density at radius 3 is 2.54 bits per heavy atom. The van der Waals surface area contributed by atoms with Crippen molar-refractivity contribution < 1.29 is 33.4 Å². The Morgan fingerprint density at radius 1 is 1.17 bits per heavy atom. The molecule has 10 heteroatoms. The predicted molar refractivity (Wildman–Crippen MR) is 149 cm³/mol. The van der Waals surface area contributed by atoms with Crippen LogP contribution < -0.4 is 5.32 Å². The summed E-state index contributed by atoms with van der Waals surface area (Å²) in [5, 5.41) is 13.6. The van der Waals surface area contributed by atoms with Gasteiger partial charge in [0.05, 0.1) is 25.6 Å². The number of allylic oxidation sites excluding steroid dienone is 1. The molecule has 1 aliphatic rings. The van der Waals surface area contributed by atoms with E-state index in [-0.39, 0.29) is 24.2 Å². The number of imidazole rings is 1. The molecule has 1 aromatic heterocycles. The van der Waals surface area contributed by atoms with Crippen LogP contribution in [0, 0.1) is 11.2 Å². The SMILES string of the molecule is COC(=O)C1=C(C)NC(C)C(CCOC(=O)/C=C/c2ccc(Cn3ccnc3)cc2)(C(=O)O)C1c1ccccc1F. The zero-order chi connectivity index (χ0) is 29.6. The van der Waals surface area contributed by atoms with Gasteiger partial charge in [0.25, 0.3) is 0 Å². The van der Waals surface area contributed by atoms with Crippen LogP contribution in [0.2, 0.25) is 0 Å². The smallest absolute Gasteiger partial charge is 0.336 e. The molecule has 0 fully saturated rings. The zero-order valence-corrected chi connectivity index (χ0v) is 23.0. The van der Waals surface area contributed by atoms with Crippen molar-refractivity contribution in [2.75, 3.05) is 13.7 Å². The Labute approximate surface area is 237 Å². The van der Waals surface area contributed by atoms with Crippen molar-refractivity contribution >= 4 is 24.0 Å². The fourth-order valence-corrected chi connectivity index (χ4v) is 5.41. The summed E-state index contributed by atoms with van der Waals surface area (Å²) >= 11 is 0. The first-order valence-corrected chi connectivity index (χ1v) is 13.1. The van der Waals surface area contributed by atoms with E-state index in [0.29, 0.717) is 12.2 Å². The van der Waals surface area contributed by atoms with Gasteiger partial charge in [-0.15, -0.1) is 0 Å². The maximum atomic E-state index is 15.1. The fourth-order valence-electron chi connectivity index (χ4n) is 5.41. The topological polar surface area (TPSA) is 120 Å². The summed E-state index contributed by atoms with van der Waals surface area (Å²) in [6, 6.07) is 12.6. The van der Waals surface area contributed by atoms with Gasteiger partial charge in [-0.2, -0.15) is 0 Å². The molecule has 0 saturated carbocycles. The highest BCUT2D eigenvalue weighted by atomic mass is 19.1. The number of aliphatic carboxylic acids is 1. The molecule has 3 unspecified atom stereocenters. The van der Waals surface area contributed by atoms with Gasteiger partial charge >= 0.3 is 17.9 Å². The minimum atomic E-state index is -1.74. The molecule has 0 radical (unpaired) electrons. The van der Waals surface area contributed by atoms with Crippen LogP contribution in [0.25, 0.3) is 6.08 Å². The summed E-state index contributed by atoms with van der Waals surface area (Å²) in [5.41, 5.74) is 0.570.